The fraction of sp³-hybridized carbons (Fsp3) is 0. The van der Waals surface area contributed by atoms with Gasteiger partial charge in [0.2, 0.25) is 0 Å². The van der Waals surface area contributed by atoms with Crippen molar-refractivity contribution in [1.29, 1.82) is 0 Å². The van der Waals surface area contributed by atoms with Crippen LogP contribution in [0.1, 0.15) is 0 Å². The van der Waals surface area contributed by atoms with Gasteiger partial charge in [-0.25, -0.2) is 4.39 Å². The minimum absolute atomic E-state index is 0.0556. The fourth-order valence-electron chi connectivity index (χ4n) is 1.65. The Kier molecular flexibility index (Phi) is 3.00. The molecule has 0 bridgehead atoms. The molecule has 0 spiro atoms. The zero-order chi connectivity index (χ0) is 13.9. The molecule has 20 heavy (non-hydrogen) atoms. The van der Waals surface area contributed by atoms with Gasteiger partial charge in [-0.15, -0.1) is 0 Å². The van der Waals surface area contributed by atoms with E-state index in [9.17, 15) is 4.39 Å². The Morgan fingerprint density at radius 3 is 2.65 bits per heavy atom. The molecule has 0 aliphatic rings. The maximum atomic E-state index is 13.4. The number of hydrogen-bond acceptors (Lipinski definition) is 5. The maximum Gasteiger partial charge on any atom is 0.345 e. The molecule has 0 fully saturated rings. The van der Waals surface area contributed by atoms with E-state index in [2.05, 4.69) is 15.5 Å². The van der Waals surface area contributed by atoms with Gasteiger partial charge in [0.05, 0.1) is 11.4 Å². The minimum atomic E-state index is -0.554. The van der Waals surface area contributed by atoms with E-state index in [1.54, 1.807) is 6.07 Å². The first-order valence-electron chi connectivity index (χ1n) is 5.81. The molecule has 2 aromatic carbocycles. The number of ether oxygens (including phenoxy) is 1. The largest absolute Gasteiger partial charge is 0.423 e. The predicted molar refractivity (Wildman–Crippen MR) is 70.0 cm³/mol. The third-order valence-electron chi connectivity index (χ3n) is 2.62. The monoisotopic (exact) mass is 271 g/mol. The first-order chi connectivity index (χ1) is 9.74. The van der Waals surface area contributed by atoms with Crippen LogP contribution in [0.25, 0.3) is 5.69 Å². The number of hydrogen-bond donors (Lipinski definition) is 1. The number of para-hydroxylation sites is 1. The van der Waals surface area contributed by atoms with Crippen LogP contribution >= 0.6 is 0 Å². The Balaban J connectivity index is 1.92. The zero-order valence-electron chi connectivity index (χ0n) is 10.3. The van der Waals surface area contributed by atoms with Crippen molar-refractivity contribution in [3.05, 3.63) is 54.3 Å². The van der Waals surface area contributed by atoms with Gasteiger partial charge in [0.15, 0.2) is 0 Å². The summed E-state index contributed by atoms with van der Waals surface area (Å²) in [4.78, 5) is 0. The number of anilines is 1. The lowest BCUT2D eigenvalue weighted by Gasteiger charge is -2.06. The Labute approximate surface area is 113 Å². The van der Waals surface area contributed by atoms with Gasteiger partial charge in [0.25, 0.3) is 0 Å². The van der Waals surface area contributed by atoms with Crippen molar-refractivity contribution in [2.24, 2.45) is 0 Å². The molecule has 0 saturated heterocycles. The summed E-state index contributed by atoms with van der Waals surface area (Å²) in [6.07, 6.45) is 0. The highest BCUT2D eigenvalue weighted by molar-refractivity contribution is 5.44. The SMILES string of the molecule is Nc1ccc(Oc2nnnn2-c2ccccc2)cc1F. The number of nitrogens with two attached hydrogens (primary N) is 1. The number of tetrazole rings is 1. The molecule has 100 valence electrons. The van der Waals surface area contributed by atoms with E-state index in [0.29, 0.717) is 0 Å². The number of benzene rings is 2. The molecule has 0 aliphatic carbocycles. The molecule has 7 heteroatoms. The quantitative estimate of drug-likeness (QED) is 0.738. The molecule has 0 unspecified atom stereocenters. The lowest BCUT2D eigenvalue weighted by Crippen LogP contribution is -2.00. The standard InChI is InChI=1S/C13H10FN5O/c14-11-8-10(6-7-12(11)15)20-13-16-17-18-19(13)9-4-2-1-3-5-9/h1-8H,15H2. The van der Waals surface area contributed by atoms with Gasteiger partial charge in [0, 0.05) is 6.07 Å². The van der Waals surface area contributed by atoms with Crippen LogP contribution in [0.4, 0.5) is 10.1 Å². The van der Waals surface area contributed by atoms with Crippen LogP contribution in [0.5, 0.6) is 11.8 Å². The molecule has 0 atom stereocenters. The minimum Gasteiger partial charge on any atom is -0.423 e. The second-order valence-corrected chi connectivity index (χ2v) is 3.99. The molecule has 0 aliphatic heterocycles. The summed E-state index contributed by atoms with van der Waals surface area (Å²) in [6, 6.07) is 13.5. The van der Waals surface area contributed by atoms with Crippen LogP contribution in [0.2, 0.25) is 0 Å². The van der Waals surface area contributed by atoms with Crippen molar-refractivity contribution in [1.82, 2.24) is 20.2 Å². The first-order valence-corrected chi connectivity index (χ1v) is 5.81. The smallest absolute Gasteiger partial charge is 0.345 e. The van der Waals surface area contributed by atoms with Gasteiger partial charge < -0.3 is 10.5 Å². The molecule has 0 radical (unpaired) electrons. The van der Waals surface area contributed by atoms with Gasteiger partial charge in [0.1, 0.15) is 11.6 Å². The average molecular weight is 271 g/mol. The third kappa shape index (κ3) is 2.28. The number of aromatic nitrogens is 4. The average Bonchev–Trinajstić information content (AvgIpc) is 2.92. The van der Waals surface area contributed by atoms with E-state index < -0.39 is 5.82 Å². The molecule has 0 saturated carbocycles. The molecule has 6 nitrogen and oxygen atoms in total. The van der Waals surface area contributed by atoms with Gasteiger partial charge in [-0.1, -0.05) is 23.3 Å². The second kappa shape index (κ2) is 4.96. The normalized spacial score (nSPS) is 10.4. The van der Waals surface area contributed by atoms with Gasteiger partial charge in [-0.3, -0.25) is 0 Å². The van der Waals surface area contributed by atoms with Gasteiger partial charge >= 0.3 is 6.01 Å². The van der Waals surface area contributed by atoms with Crippen molar-refractivity contribution in [3.8, 4) is 17.4 Å². The van der Waals surface area contributed by atoms with Crippen molar-refractivity contribution in [2.45, 2.75) is 0 Å². The zero-order valence-corrected chi connectivity index (χ0v) is 10.3. The molecule has 0 amide bonds. The first kappa shape index (κ1) is 12.1. The number of nitrogen functional groups attached to an aromatic ring is 1. The van der Waals surface area contributed by atoms with Crippen molar-refractivity contribution in [2.75, 3.05) is 5.73 Å². The molecule has 1 heterocycles. The molecule has 3 aromatic rings. The van der Waals surface area contributed by atoms with E-state index in [0.717, 1.165) is 5.69 Å². The van der Waals surface area contributed by atoms with Gasteiger partial charge in [-0.05, 0) is 34.7 Å². The molecule has 1 aromatic heterocycles. The van der Waals surface area contributed by atoms with E-state index in [4.69, 9.17) is 10.5 Å². The lowest BCUT2D eigenvalue weighted by atomic mass is 10.3. The Hall–Kier alpha value is -2.96. The third-order valence-corrected chi connectivity index (χ3v) is 2.62. The summed E-state index contributed by atoms with van der Waals surface area (Å²) < 4.78 is 20.2. The van der Waals surface area contributed by atoms with Crippen LogP contribution < -0.4 is 10.5 Å². The topological polar surface area (TPSA) is 78.8 Å². The van der Waals surface area contributed by atoms with Crippen LogP contribution in [0.15, 0.2) is 48.5 Å². The maximum absolute atomic E-state index is 13.4. The fourth-order valence-corrected chi connectivity index (χ4v) is 1.65. The molecule has 3 rings (SSSR count). The highest BCUT2D eigenvalue weighted by atomic mass is 19.1. The van der Waals surface area contributed by atoms with E-state index in [-0.39, 0.29) is 17.4 Å². The van der Waals surface area contributed by atoms with Crippen molar-refractivity contribution < 1.29 is 9.13 Å². The summed E-state index contributed by atoms with van der Waals surface area (Å²) in [5.74, 6) is -0.287. The molecular weight excluding hydrogens is 261 g/mol. The van der Waals surface area contributed by atoms with Crippen LogP contribution in [-0.4, -0.2) is 20.2 Å². The van der Waals surface area contributed by atoms with Crippen LogP contribution in [-0.2, 0) is 0 Å². The second-order valence-electron chi connectivity index (χ2n) is 3.99. The van der Waals surface area contributed by atoms with E-state index in [1.165, 1.54) is 16.8 Å². The summed E-state index contributed by atoms with van der Waals surface area (Å²) in [5, 5.41) is 11.2. The number of rotatable bonds is 3. The lowest BCUT2D eigenvalue weighted by molar-refractivity contribution is 0.424. The highest BCUT2D eigenvalue weighted by Crippen LogP contribution is 2.23. The summed E-state index contributed by atoms with van der Waals surface area (Å²) in [6.45, 7) is 0. The van der Waals surface area contributed by atoms with Crippen LogP contribution in [0.3, 0.4) is 0 Å². The molecular formula is C13H10FN5O. The Morgan fingerprint density at radius 1 is 1.10 bits per heavy atom. The van der Waals surface area contributed by atoms with Crippen molar-refractivity contribution >= 4 is 5.69 Å². The van der Waals surface area contributed by atoms with Crippen molar-refractivity contribution in [3.63, 3.8) is 0 Å². The van der Waals surface area contributed by atoms with Gasteiger partial charge in [-0.2, -0.15) is 4.68 Å². The van der Waals surface area contributed by atoms with Crippen LogP contribution in [0, 0.1) is 5.82 Å². The summed E-state index contributed by atoms with van der Waals surface area (Å²) in [5.41, 5.74) is 6.20. The summed E-state index contributed by atoms with van der Waals surface area (Å²) in [7, 11) is 0. The Morgan fingerprint density at radius 2 is 1.90 bits per heavy atom. The van der Waals surface area contributed by atoms with E-state index in [1.807, 2.05) is 30.3 Å². The summed E-state index contributed by atoms with van der Waals surface area (Å²) >= 11 is 0. The number of halogens is 1. The Bertz CT molecular complexity index is 729. The highest BCUT2D eigenvalue weighted by Gasteiger charge is 2.11. The molecule has 2 N–H and O–H groups in total. The predicted octanol–water partition coefficient (Wildman–Crippen LogP) is 2.18. The number of nitrogens with zero attached hydrogens (tertiary/aromatic N) is 4. The van der Waals surface area contributed by atoms with E-state index >= 15 is 0 Å².